The van der Waals surface area contributed by atoms with Gasteiger partial charge in [-0.25, -0.2) is 0 Å². The Morgan fingerprint density at radius 2 is 1.86 bits per heavy atom. The summed E-state index contributed by atoms with van der Waals surface area (Å²) in [5.74, 6) is 0. The molecule has 0 saturated carbocycles. The third kappa shape index (κ3) is 6.81. The van der Waals surface area contributed by atoms with E-state index in [1.165, 1.54) is 11.3 Å². The van der Waals surface area contributed by atoms with Crippen LogP contribution in [0.25, 0.3) is 0 Å². The molecule has 1 aromatic rings. The van der Waals surface area contributed by atoms with Gasteiger partial charge < -0.3 is 15.1 Å². The quantitative estimate of drug-likeness (QED) is 0.727. The fourth-order valence-electron chi connectivity index (χ4n) is 2.24. The van der Waals surface area contributed by atoms with E-state index in [0.29, 0.717) is 6.04 Å². The summed E-state index contributed by atoms with van der Waals surface area (Å²) in [7, 11) is 4.26. The lowest BCUT2D eigenvalue weighted by Gasteiger charge is -2.28. The Kier molecular flexibility index (Phi) is 8.30. The van der Waals surface area contributed by atoms with Gasteiger partial charge in [0.2, 0.25) is 0 Å². The lowest BCUT2D eigenvalue weighted by molar-refractivity contribution is 0.412. The number of benzene rings is 1. The Balaban J connectivity index is 2.94. The third-order valence-corrected chi connectivity index (χ3v) is 3.89. The molecule has 3 nitrogen and oxygen atoms in total. The number of likely N-dealkylation sites (N-methyl/N-ethyl adjacent to an activating group) is 1. The number of hydrogen-bond acceptors (Lipinski definition) is 3. The van der Waals surface area contributed by atoms with Crippen molar-refractivity contribution in [1.82, 2.24) is 10.2 Å². The molecular formula is C17H30BrN3. The average molecular weight is 356 g/mol. The lowest BCUT2D eigenvalue weighted by atomic mass is 10.1. The first-order valence-corrected chi connectivity index (χ1v) is 8.64. The molecule has 0 aliphatic rings. The molecule has 0 amide bonds. The van der Waals surface area contributed by atoms with Gasteiger partial charge in [0, 0.05) is 42.4 Å². The Hall–Kier alpha value is -0.580. The van der Waals surface area contributed by atoms with Crippen LogP contribution in [-0.4, -0.2) is 44.7 Å². The summed E-state index contributed by atoms with van der Waals surface area (Å²) in [6, 6.07) is 7.12. The van der Waals surface area contributed by atoms with E-state index in [4.69, 9.17) is 0 Å². The van der Waals surface area contributed by atoms with Gasteiger partial charge in [-0.3, -0.25) is 0 Å². The molecule has 0 unspecified atom stereocenters. The maximum absolute atomic E-state index is 3.62. The van der Waals surface area contributed by atoms with E-state index >= 15 is 0 Å². The first kappa shape index (κ1) is 18.5. The molecule has 1 rings (SSSR count). The van der Waals surface area contributed by atoms with Crippen LogP contribution in [0, 0.1) is 0 Å². The number of halogens is 1. The van der Waals surface area contributed by atoms with Crippen molar-refractivity contribution in [3.05, 3.63) is 28.2 Å². The summed E-state index contributed by atoms with van der Waals surface area (Å²) in [4.78, 5) is 4.74. The van der Waals surface area contributed by atoms with E-state index in [0.717, 1.165) is 37.1 Å². The van der Waals surface area contributed by atoms with Gasteiger partial charge in [0.15, 0.2) is 0 Å². The maximum atomic E-state index is 3.62. The zero-order valence-electron chi connectivity index (χ0n) is 14.1. The number of rotatable bonds is 9. The number of nitrogens with zero attached hydrogens (tertiary/aromatic N) is 2. The van der Waals surface area contributed by atoms with E-state index in [9.17, 15) is 0 Å². The minimum atomic E-state index is 0.503. The molecule has 1 aromatic carbocycles. The highest BCUT2D eigenvalue weighted by atomic mass is 79.9. The molecule has 0 saturated heterocycles. The van der Waals surface area contributed by atoms with E-state index in [1.54, 1.807) is 0 Å². The van der Waals surface area contributed by atoms with Crippen molar-refractivity contribution in [2.24, 2.45) is 0 Å². The summed E-state index contributed by atoms with van der Waals surface area (Å²) in [6.45, 7) is 10.8. The molecule has 0 fully saturated rings. The van der Waals surface area contributed by atoms with Gasteiger partial charge in [0.25, 0.3) is 0 Å². The van der Waals surface area contributed by atoms with Gasteiger partial charge in [-0.2, -0.15) is 0 Å². The first-order chi connectivity index (χ1) is 9.93. The van der Waals surface area contributed by atoms with Crippen molar-refractivity contribution in [3.63, 3.8) is 0 Å². The summed E-state index contributed by atoms with van der Waals surface area (Å²) >= 11 is 3.62. The Bertz CT molecular complexity index is 418. The van der Waals surface area contributed by atoms with Gasteiger partial charge in [0.05, 0.1) is 0 Å². The lowest BCUT2D eigenvalue weighted by Crippen LogP contribution is -2.33. The molecule has 21 heavy (non-hydrogen) atoms. The molecule has 0 aliphatic carbocycles. The maximum Gasteiger partial charge on any atom is 0.0423 e. The van der Waals surface area contributed by atoms with Crippen LogP contribution in [0.15, 0.2) is 22.7 Å². The summed E-state index contributed by atoms with van der Waals surface area (Å²) < 4.78 is 1.15. The van der Waals surface area contributed by atoms with Crippen LogP contribution in [0.2, 0.25) is 0 Å². The van der Waals surface area contributed by atoms with Gasteiger partial charge >= 0.3 is 0 Å². The summed E-state index contributed by atoms with van der Waals surface area (Å²) in [5, 5.41) is 3.53. The van der Waals surface area contributed by atoms with Crippen molar-refractivity contribution in [1.29, 1.82) is 0 Å². The van der Waals surface area contributed by atoms with E-state index < -0.39 is 0 Å². The van der Waals surface area contributed by atoms with Gasteiger partial charge in [0.1, 0.15) is 0 Å². The zero-order valence-corrected chi connectivity index (χ0v) is 15.7. The minimum Gasteiger partial charge on any atom is -0.370 e. The van der Waals surface area contributed by atoms with Crippen LogP contribution in [0.4, 0.5) is 5.69 Å². The first-order valence-electron chi connectivity index (χ1n) is 7.85. The van der Waals surface area contributed by atoms with Crippen LogP contribution in [-0.2, 0) is 6.54 Å². The Morgan fingerprint density at radius 3 is 2.43 bits per heavy atom. The third-order valence-electron chi connectivity index (χ3n) is 3.40. The highest BCUT2D eigenvalue weighted by molar-refractivity contribution is 9.10. The SMILES string of the molecule is CCCN(CCN(C)C)c1cc(Br)ccc1CNC(C)C. The van der Waals surface area contributed by atoms with Crippen LogP contribution < -0.4 is 10.2 Å². The molecule has 120 valence electrons. The predicted octanol–water partition coefficient (Wildman–Crippen LogP) is 3.73. The predicted molar refractivity (Wildman–Crippen MR) is 97.2 cm³/mol. The highest BCUT2D eigenvalue weighted by Crippen LogP contribution is 2.25. The van der Waals surface area contributed by atoms with Crippen molar-refractivity contribution in [3.8, 4) is 0 Å². The minimum absolute atomic E-state index is 0.503. The fraction of sp³-hybridized carbons (Fsp3) is 0.647. The topological polar surface area (TPSA) is 18.5 Å². The van der Waals surface area contributed by atoms with Gasteiger partial charge in [-0.15, -0.1) is 0 Å². The summed E-state index contributed by atoms with van der Waals surface area (Å²) in [5.41, 5.74) is 2.72. The van der Waals surface area contributed by atoms with E-state index in [2.05, 4.69) is 84.1 Å². The van der Waals surface area contributed by atoms with Crippen molar-refractivity contribution >= 4 is 21.6 Å². The molecule has 0 aromatic heterocycles. The molecule has 0 radical (unpaired) electrons. The second-order valence-electron chi connectivity index (χ2n) is 6.10. The number of hydrogen-bond donors (Lipinski definition) is 1. The molecule has 1 N–H and O–H groups in total. The number of nitrogens with one attached hydrogen (secondary N) is 1. The average Bonchev–Trinajstić information content (AvgIpc) is 2.41. The van der Waals surface area contributed by atoms with Crippen molar-refractivity contribution in [2.45, 2.75) is 39.8 Å². The molecule has 4 heteroatoms. The van der Waals surface area contributed by atoms with E-state index in [-0.39, 0.29) is 0 Å². The molecular weight excluding hydrogens is 326 g/mol. The van der Waals surface area contributed by atoms with Crippen LogP contribution in [0.5, 0.6) is 0 Å². The molecule has 0 heterocycles. The van der Waals surface area contributed by atoms with Crippen LogP contribution in [0.3, 0.4) is 0 Å². The smallest absolute Gasteiger partial charge is 0.0423 e. The molecule has 0 spiro atoms. The Labute approximate surface area is 138 Å². The van der Waals surface area contributed by atoms with Crippen molar-refractivity contribution in [2.75, 3.05) is 38.6 Å². The van der Waals surface area contributed by atoms with Crippen LogP contribution in [0.1, 0.15) is 32.8 Å². The number of anilines is 1. The standard InChI is InChI=1S/C17H30BrN3/c1-6-9-21(11-10-20(4)5)17-12-16(18)8-7-15(17)13-19-14(2)3/h7-8,12,14,19H,6,9-11,13H2,1-5H3. The van der Waals surface area contributed by atoms with Gasteiger partial charge in [-0.1, -0.05) is 42.8 Å². The van der Waals surface area contributed by atoms with Crippen molar-refractivity contribution < 1.29 is 0 Å². The fourth-order valence-corrected chi connectivity index (χ4v) is 2.59. The monoisotopic (exact) mass is 355 g/mol. The Morgan fingerprint density at radius 1 is 1.14 bits per heavy atom. The molecule has 0 aliphatic heterocycles. The highest BCUT2D eigenvalue weighted by Gasteiger charge is 2.12. The van der Waals surface area contributed by atoms with Gasteiger partial charge in [-0.05, 0) is 38.2 Å². The zero-order chi connectivity index (χ0) is 15.8. The summed E-state index contributed by atoms with van der Waals surface area (Å²) in [6.07, 6.45) is 1.16. The largest absolute Gasteiger partial charge is 0.370 e. The second kappa shape index (κ2) is 9.44. The molecule has 0 bridgehead atoms. The van der Waals surface area contributed by atoms with E-state index in [1.807, 2.05) is 0 Å². The second-order valence-corrected chi connectivity index (χ2v) is 7.01. The van der Waals surface area contributed by atoms with Crippen LogP contribution >= 0.6 is 15.9 Å². The molecule has 0 atom stereocenters. The normalized spacial score (nSPS) is 11.4.